The van der Waals surface area contributed by atoms with E-state index in [4.69, 9.17) is 25.4 Å². The smallest absolute Gasteiger partial charge is 0.231 e. The molecule has 3 aliphatic heterocycles. The summed E-state index contributed by atoms with van der Waals surface area (Å²) >= 11 is 3.64. The van der Waals surface area contributed by atoms with Crippen molar-refractivity contribution in [2.75, 3.05) is 20.1 Å². The lowest BCUT2D eigenvalue weighted by Gasteiger charge is -2.34. The zero-order valence-corrected chi connectivity index (χ0v) is 15.5. The average Bonchev–Trinajstić information content (AvgIpc) is 3.30. The number of halogens is 1. The molecule has 0 N–H and O–H groups in total. The van der Waals surface area contributed by atoms with Crippen LogP contribution in [-0.2, 0) is 13.0 Å². The van der Waals surface area contributed by atoms with Crippen LogP contribution in [-0.4, -0.2) is 25.0 Å². The van der Waals surface area contributed by atoms with Crippen LogP contribution in [0.25, 0.3) is 0 Å². The fraction of sp³-hybridized carbons (Fsp3) is 0.300. The fourth-order valence-corrected chi connectivity index (χ4v) is 4.22. The van der Waals surface area contributed by atoms with Crippen molar-refractivity contribution in [3.63, 3.8) is 0 Å². The van der Waals surface area contributed by atoms with Gasteiger partial charge in [0, 0.05) is 23.1 Å². The van der Waals surface area contributed by atoms with Gasteiger partial charge in [-0.3, -0.25) is 4.90 Å². The summed E-state index contributed by atoms with van der Waals surface area (Å²) in [5.41, 5.74) is 3.40. The van der Waals surface area contributed by atoms with Crippen molar-refractivity contribution in [3.05, 3.63) is 45.4 Å². The van der Waals surface area contributed by atoms with Gasteiger partial charge >= 0.3 is 0 Å². The molecular weight excluding hydrogens is 398 g/mol. The minimum Gasteiger partial charge on any atom is -0.454 e. The van der Waals surface area contributed by atoms with Crippen LogP contribution >= 0.6 is 15.9 Å². The summed E-state index contributed by atoms with van der Waals surface area (Å²) in [4.78, 5) is 2.28. The third kappa shape index (κ3) is 2.43. The van der Waals surface area contributed by atoms with E-state index in [1.165, 1.54) is 5.56 Å². The van der Waals surface area contributed by atoms with Crippen LogP contribution in [0.1, 0.15) is 22.7 Å². The first-order valence-electron chi connectivity index (χ1n) is 8.44. The first-order valence-corrected chi connectivity index (χ1v) is 9.23. The number of terminal acetylenes is 1. The maximum atomic E-state index is 5.93. The summed E-state index contributed by atoms with van der Waals surface area (Å²) in [6.45, 7) is 2.06. The highest BCUT2D eigenvalue weighted by Crippen LogP contribution is 2.44. The molecule has 0 radical (unpaired) electrons. The Morgan fingerprint density at radius 3 is 2.69 bits per heavy atom. The predicted molar refractivity (Wildman–Crippen MR) is 98.5 cm³/mol. The summed E-state index contributed by atoms with van der Waals surface area (Å²) in [5.74, 6) is 6.10. The molecule has 3 aliphatic rings. The van der Waals surface area contributed by atoms with E-state index in [9.17, 15) is 0 Å². The largest absolute Gasteiger partial charge is 0.454 e. The monoisotopic (exact) mass is 413 g/mol. The highest BCUT2D eigenvalue weighted by atomic mass is 79.9. The number of nitrogens with zero attached hydrogens (tertiary/aromatic N) is 1. The molecule has 1 atom stereocenters. The van der Waals surface area contributed by atoms with Crippen LogP contribution in [0.4, 0.5) is 0 Å². The van der Waals surface area contributed by atoms with Gasteiger partial charge in [-0.25, -0.2) is 0 Å². The third-order valence-corrected chi connectivity index (χ3v) is 5.81. The Bertz CT molecular complexity index is 936. The predicted octanol–water partition coefficient (Wildman–Crippen LogP) is 3.64. The van der Waals surface area contributed by atoms with Crippen molar-refractivity contribution in [1.29, 1.82) is 0 Å². The lowest BCUT2D eigenvalue weighted by molar-refractivity contribution is 0.169. The Morgan fingerprint density at radius 1 is 1.08 bits per heavy atom. The second kappa shape index (κ2) is 6.11. The molecule has 5 rings (SSSR count). The Labute approximate surface area is 159 Å². The summed E-state index contributed by atoms with van der Waals surface area (Å²) in [5, 5.41) is 0. The molecule has 132 valence electrons. The van der Waals surface area contributed by atoms with Gasteiger partial charge in [-0.2, -0.15) is 0 Å². The Morgan fingerprint density at radius 2 is 1.85 bits per heavy atom. The van der Waals surface area contributed by atoms with E-state index in [1.807, 2.05) is 18.2 Å². The molecule has 2 aromatic carbocycles. The van der Waals surface area contributed by atoms with Gasteiger partial charge in [-0.1, -0.05) is 21.9 Å². The lowest BCUT2D eigenvalue weighted by Crippen LogP contribution is -2.34. The van der Waals surface area contributed by atoms with E-state index >= 15 is 0 Å². The van der Waals surface area contributed by atoms with Crippen LogP contribution in [0.2, 0.25) is 0 Å². The summed E-state index contributed by atoms with van der Waals surface area (Å²) in [6.07, 6.45) is 6.84. The maximum Gasteiger partial charge on any atom is 0.231 e. The Kier molecular flexibility index (Phi) is 3.73. The minimum atomic E-state index is -0.127. The van der Waals surface area contributed by atoms with E-state index in [2.05, 4.69) is 32.8 Å². The number of hydrogen-bond donors (Lipinski definition) is 0. The number of hydrogen-bond acceptors (Lipinski definition) is 5. The second-order valence-electron chi connectivity index (χ2n) is 6.45. The van der Waals surface area contributed by atoms with Gasteiger partial charge in [-0.15, -0.1) is 6.42 Å². The lowest BCUT2D eigenvalue weighted by atomic mass is 9.91. The zero-order chi connectivity index (χ0) is 17.7. The Balaban J connectivity index is 1.50. The van der Waals surface area contributed by atoms with Crippen molar-refractivity contribution >= 4 is 15.9 Å². The molecule has 0 amide bonds. The van der Waals surface area contributed by atoms with Crippen molar-refractivity contribution in [3.8, 4) is 35.3 Å². The number of benzene rings is 2. The molecule has 0 aromatic heterocycles. The highest BCUT2D eigenvalue weighted by molar-refractivity contribution is 9.10. The van der Waals surface area contributed by atoms with E-state index in [0.717, 1.165) is 51.6 Å². The topological polar surface area (TPSA) is 40.2 Å². The Hall–Kier alpha value is -2.36. The van der Waals surface area contributed by atoms with Crippen LogP contribution in [0.15, 0.2) is 28.7 Å². The van der Waals surface area contributed by atoms with E-state index < -0.39 is 0 Å². The third-order valence-electron chi connectivity index (χ3n) is 5.07. The molecule has 3 heterocycles. The standard InChI is InChI=1S/C20H16BrNO4/c1-2-16-13-8-19-18(24-10-25-19)7-12(13)5-6-22(16)9-14-15(21)3-4-17-20(14)26-11-23-17/h1,3-4,7-8,16H,5-6,9-11H2/t16-/m1/s1. The van der Waals surface area contributed by atoms with E-state index in [0.29, 0.717) is 6.54 Å². The molecule has 0 saturated heterocycles. The number of fused-ring (bicyclic) bond motifs is 3. The van der Waals surface area contributed by atoms with Crippen LogP contribution in [0.3, 0.4) is 0 Å². The van der Waals surface area contributed by atoms with Gasteiger partial charge in [0.05, 0.1) is 6.04 Å². The minimum absolute atomic E-state index is 0.127. The van der Waals surface area contributed by atoms with Gasteiger partial charge < -0.3 is 18.9 Å². The molecule has 0 bridgehead atoms. The van der Waals surface area contributed by atoms with Crippen molar-refractivity contribution in [1.82, 2.24) is 4.90 Å². The summed E-state index contributed by atoms with van der Waals surface area (Å²) in [6, 6.07) is 7.87. The van der Waals surface area contributed by atoms with Crippen molar-refractivity contribution in [2.45, 2.75) is 19.0 Å². The first kappa shape index (κ1) is 15.9. The molecule has 0 spiro atoms. The average molecular weight is 414 g/mol. The molecule has 5 nitrogen and oxygen atoms in total. The molecule has 26 heavy (non-hydrogen) atoms. The van der Waals surface area contributed by atoms with Crippen molar-refractivity contribution in [2.24, 2.45) is 0 Å². The second-order valence-corrected chi connectivity index (χ2v) is 7.31. The highest BCUT2D eigenvalue weighted by Gasteiger charge is 2.31. The zero-order valence-electron chi connectivity index (χ0n) is 14.0. The van der Waals surface area contributed by atoms with Gasteiger partial charge in [0.25, 0.3) is 0 Å². The summed E-state index contributed by atoms with van der Waals surface area (Å²) in [7, 11) is 0. The molecule has 0 fully saturated rings. The molecule has 2 aromatic rings. The first-order chi connectivity index (χ1) is 12.7. The normalized spacial score (nSPS) is 19.9. The number of rotatable bonds is 2. The molecule has 0 unspecified atom stereocenters. The van der Waals surface area contributed by atoms with Gasteiger partial charge in [0.1, 0.15) is 0 Å². The fourth-order valence-electron chi connectivity index (χ4n) is 3.78. The maximum absolute atomic E-state index is 5.93. The van der Waals surface area contributed by atoms with Crippen molar-refractivity contribution < 1.29 is 18.9 Å². The summed E-state index contributed by atoms with van der Waals surface area (Å²) < 4.78 is 23.2. The van der Waals surface area contributed by atoms with E-state index in [-0.39, 0.29) is 19.6 Å². The molecule has 6 heteroatoms. The SMILES string of the molecule is C#C[C@@H]1c2cc3c(cc2CCN1Cc1c(Br)ccc2c1OCO2)OCO3. The van der Waals surface area contributed by atoms with E-state index in [1.54, 1.807) is 0 Å². The van der Waals surface area contributed by atoms with Crippen LogP contribution < -0.4 is 18.9 Å². The molecular formula is C20H16BrNO4. The van der Waals surface area contributed by atoms with Crippen LogP contribution in [0, 0.1) is 12.3 Å². The van der Waals surface area contributed by atoms with Gasteiger partial charge in [0.15, 0.2) is 23.0 Å². The molecule has 0 saturated carbocycles. The quantitative estimate of drug-likeness (QED) is 0.702. The van der Waals surface area contributed by atoms with Crippen LogP contribution in [0.5, 0.6) is 23.0 Å². The number of ether oxygens (including phenoxy) is 4. The van der Waals surface area contributed by atoms with Gasteiger partial charge in [0.2, 0.25) is 13.6 Å². The van der Waals surface area contributed by atoms with Gasteiger partial charge in [-0.05, 0) is 41.8 Å². The molecule has 0 aliphatic carbocycles.